The first-order valence-corrected chi connectivity index (χ1v) is 9.32. The van der Waals surface area contributed by atoms with Gasteiger partial charge in [-0.1, -0.05) is 18.2 Å². The number of carbonyl (C=O) groups is 2. The molecule has 0 atom stereocenters. The summed E-state index contributed by atoms with van der Waals surface area (Å²) in [5.41, 5.74) is 1.07. The Hall–Kier alpha value is -2.93. The zero-order chi connectivity index (χ0) is 19.4. The van der Waals surface area contributed by atoms with Crippen LogP contribution in [0.1, 0.15) is 19.4 Å². The molecule has 6 nitrogen and oxygen atoms in total. The number of imide groups is 1. The van der Waals surface area contributed by atoms with Crippen LogP contribution in [0.15, 0.2) is 47.4 Å². The molecule has 1 aliphatic rings. The second-order valence-electron chi connectivity index (χ2n) is 5.58. The molecule has 1 saturated heterocycles. The first kappa shape index (κ1) is 18.8. The molecule has 2 amide bonds. The lowest BCUT2D eigenvalue weighted by Crippen LogP contribution is -2.28. The summed E-state index contributed by atoms with van der Waals surface area (Å²) < 4.78 is 10.9. The third-order valence-corrected chi connectivity index (χ3v) is 4.65. The van der Waals surface area contributed by atoms with E-state index in [0.717, 1.165) is 16.7 Å². The minimum absolute atomic E-state index is 0.0211. The van der Waals surface area contributed by atoms with E-state index < -0.39 is 5.91 Å². The van der Waals surface area contributed by atoms with Crippen LogP contribution >= 0.6 is 11.8 Å². The van der Waals surface area contributed by atoms with Crippen molar-refractivity contribution in [2.24, 2.45) is 0 Å². The predicted molar refractivity (Wildman–Crippen MR) is 105 cm³/mol. The lowest BCUT2D eigenvalue weighted by molar-refractivity contribution is -0.113. The summed E-state index contributed by atoms with van der Waals surface area (Å²) in [4.78, 5) is 26.7. The fourth-order valence-corrected chi connectivity index (χ4v) is 3.47. The van der Waals surface area contributed by atoms with Crippen LogP contribution in [0.4, 0.5) is 10.5 Å². The lowest BCUT2D eigenvalue weighted by Gasteiger charge is -2.16. The maximum Gasteiger partial charge on any atom is 0.298 e. The van der Waals surface area contributed by atoms with Crippen LogP contribution in [0.5, 0.6) is 17.2 Å². The van der Waals surface area contributed by atoms with Gasteiger partial charge in [0.25, 0.3) is 11.1 Å². The van der Waals surface area contributed by atoms with Gasteiger partial charge in [-0.2, -0.15) is 0 Å². The molecule has 140 valence electrons. The van der Waals surface area contributed by atoms with Gasteiger partial charge in [-0.25, -0.2) is 4.90 Å². The predicted octanol–water partition coefficient (Wildman–Crippen LogP) is 4.43. The minimum atomic E-state index is -0.414. The fraction of sp³-hybridized carbons (Fsp3) is 0.200. The number of ether oxygens (including phenoxy) is 2. The molecule has 1 fully saturated rings. The largest absolute Gasteiger partial charge is 0.504 e. The lowest BCUT2D eigenvalue weighted by atomic mass is 10.2. The van der Waals surface area contributed by atoms with E-state index in [-0.39, 0.29) is 11.0 Å². The van der Waals surface area contributed by atoms with Crippen LogP contribution in [0.3, 0.4) is 0 Å². The van der Waals surface area contributed by atoms with Crippen LogP contribution in [0.25, 0.3) is 6.08 Å². The first-order valence-electron chi connectivity index (χ1n) is 8.50. The molecule has 0 bridgehead atoms. The molecule has 27 heavy (non-hydrogen) atoms. The third kappa shape index (κ3) is 3.93. The Morgan fingerprint density at radius 1 is 1.04 bits per heavy atom. The molecular weight excluding hydrogens is 366 g/mol. The van der Waals surface area contributed by atoms with Gasteiger partial charge in [0.15, 0.2) is 11.5 Å². The maximum atomic E-state index is 12.8. The number of hydrogen-bond donors (Lipinski definition) is 1. The summed E-state index contributed by atoms with van der Waals surface area (Å²) in [5.74, 6) is 0.412. The number of anilines is 1. The van der Waals surface area contributed by atoms with Gasteiger partial charge in [0.2, 0.25) is 0 Å². The monoisotopic (exact) mass is 385 g/mol. The van der Waals surface area contributed by atoms with Crippen molar-refractivity contribution in [1.82, 2.24) is 0 Å². The number of nitrogens with zero attached hydrogens (tertiary/aromatic N) is 1. The molecule has 0 spiro atoms. The Balaban J connectivity index is 1.93. The number of para-hydroxylation sites is 2. The summed E-state index contributed by atoms with van der Waals surface area (Å²) >= 11 is 0.861. The van der Waals surface area contributed by atoms with Crippen molar-refractivity contribution in [2.75, 3.05) is 18.1 Å². The average Bonchev–Trinajstić information content (AvgIpc) is 2.92. The van der Waals surface area contributed by atoms with Crippen molar-refractivity contribution in [1.29, 1.82) is 0 Å². The topological polar surface area (TPSA) is 76.1 Å². The van der Waals surface area contributed by atoms with Crippen molar-refractivity contribution in [3.8, 4) is 17.2 Å². The van der Waals surface area contributed by atoms with Gasteiger partial charge in [0.1, 0.15) is 5.75 Å². The number of amides is 2. The summed E-state index contributed by atoms with van der Waals surface area (Å²) in [7, 11) is 0. The molecule has 1 N–H and O–H groups in total. The fourth-order valence-electron chi connectivity index (χ4n) is 2.64. The summed E-state index contributed by atoms with van der Waals surface area (Å²) in [6.07, 6.45) is 1.61. The minimum Gasteiger partial charge on any atom is -0.504 e. The number of benzene rings is 2. The number of phenolic OH excluding ortho intramolecular Hbond substituents is 1. The van der Waals surface area contributed by atoms with E-state index in [1.165, 1.54) is 6.07 Å². The van der Waals surface area contributed by atoms with Crippen LogP contribution in [0.2, 0.25) is 0 Å². The normalized spacial score (nSPS) is 15.5. The Bertz CT molecular complexity index is 909. The third-order valence-electron chi connectivity index (χ3n) is 3.78. The Morgan fingerprint density at radius 3 is 2.48 bits per heavy atom. The van der Waals surface area contributed by atoms with Gasteiger partial charge in [-0.3, -0.25) is 9.59 Å². The number of hydrogen-bond acceptors (Lipinski definition) is 6. The summed E-state index contributed by atoms with van der Waals surface area (Å²) in [5, 5.41) is 9.41. The smallest absolute Gasteiger partial charge is 0.298 e. The van der Waals surface area contributed by atoms with E-state index in [9.17, 15) is 14.7 Å². The number of thioether (sulfide) groups is 1. The molecule has 3 rings (SSSR count). The molecule has 0 aromatic heterocycles. The average molecular weight is 385 g/mol. The van der Waals surface area contributed by atoms with Gasteiger partial charge in [-0.05, 0) is 61.5 Å². The van der Waals surface area contributed by atoms with Crippen molar-refractivity contribution in [3.05, 3.63) is 52.9 Å². The van der Waals surface area contributed by atoms with E-state index in [4.69, 9.17) is 9.47 Å². The Labute approximate surface area is 161 Å². The number of aromatic hydroxyl groups is 1. The second-order valence-corrected chi connectivity index (χ2v) is 6.57. The molecule has 2 aromatic rings. The van der Waals surface area contributed by atoms with Gasteiger partial charge in [-0.15, -0.1) is 0 Å². The molecule has 7 heteroatoms. The van der Waals surface area contributed by atoms with E-state index in [1.54, 1.807) is 42.5 Å². The van der Waals surface area contributed by atoms with Crippen LogP contribution in [0, 0.1) is 0 Å². The van der Waals surface area contributed by atoms with E-state index in [2.05, 4.69) is 0 Å². The quantitative estimate of drug-likeness (QED) is 0.742. The highest BCUT2D eigenvalue weighted by atomic mass is 32.2. The SMILES string of the molecule is CCOc1cc(/C=C2\SC(=O)N(c3ccccc3OCC)C2=O)ccc1O. The molecule has 0 aliphatic carbocycles. The van der Waals surface area contributed by atoms with E-state index in [1.807, 2.05) is 13.8 Å². The zero-order valence-corrected chi connectivity index (χ0v) is 15.8. The van der Waals surface area contributed by atoms with Crippen molar-refractivity contribution < 1.29 is 24.2 Å². The number of phenols is 1. The molecule has 0 saturated carbocycles. The molecule has 0 unspecified atom stereocenters. The van der Waals surface area contributed by atoms with Gasteiger partial charge < -0.3 is 14.6 Å². The summed E-state index contributed by atoms with van der Waals surface area (Å²) in [6, 6.07) is 11.7. The highest BCUT2D eigenvalue weighted by Crippen LogP contribution is 2.40. The van der Waals surface area contributed by atoms with Crippen LogP contribution in [-0.4, -0.2) is 29.5 Å². The summed E-state index contributed by atoms with van der Waals surface area (Å²) in [6.45, 7) is 4.48. The highest BCUT2D eigenvalue weighted by molar-refractivity contribution is 8.19. The molecule has 2 aromatic carbocycles. The van der Waals surface area contributed by atoms with Crippen LogP contribution < -0.4 is 14.4 Å². The standard InChI is InChI=1S/C20H19NO5S/c1-3-25-16-8-6-5-7-14(16)21-19(23)18(27-20(21)24)12-13-9-10-15(22)17(11-13)26-4-2/h5-12,22H,3-4H2,1-2H3/b18-12-. The Morgan fingerprint density at radius 2 is 1.74 bits per heavy atom. The second kappa shape index (κ2) is 8.18. The van der Waals surface area contributed by atoms with Gasteiger partial charge >= 0.3 is 0 Å². The molecule has 1 heterocycles. The zero-order valence-electron chi connectivity index (χ0n) is 15.0. The molecule has 1 aliphatic heterocycles. The number of rotatable bonds is 6. The first-order chi connectivity index (χ1) is 13.0. The van der Waals surface area contributed by atoms with E-state index >= 15 is 0 Å². The highest BCUT2D eigenvalue weighted by Gasteiger charge is 2.37. The maximum absolute atomic E-state index is 12.8. The molecule has 0 radical (unpaired) electrons. The van der Waals surface area contributed by atoms with Crippen molar-refractivity contribution in [3.63, 3.8) is 0 Å². The van der Waals surface area contributed by atoms with Gasteiger partial charge in [0.05, 0.1) is 23.8 Å². The number of carbonyl (C=O) groups excluding carboxylic acids is 2. The van der Waals surface area contributed by atoms with Crippen LogP contribution in [-0.2, 0) is 4.79 Å². The van der Waals surface area contributed by atoms with Gasteiger partial charge in [0, 0.05) is 0 Å². The Kier molecular flexibility index (Phi) is 5.71. The van der Waals surface area contributed by atoms with Crippen molar-refractivity contribution in [2.45, 2.75) is 13.8 Å². The van der Waals surface area contributed by atoms with Crippen molar-refractivity contribution >= 4 is 34.7 Å². The molecular formula is C20H19NO5S. The van der Waals surface area contributed by atoms with E-state index in [0.29, 0.717) is 40.9 Å².